The molecule has 1 aromatic rings. The van der Waals surface area contributed by atoms with Crippen molar-refractivity contribution in [3.63, 3.8) is 0 Å². The molecule has 0 radical (unpaired) electrons. The Morgan fingerprint density at radius 1 is 1.33 bits per heavy atom. The first-order chi connectivity index (χ1) is 9.66. The lowest BCUT2D eigenvalue weighted by Crippen LogP contribution is -2.49. The van der Waals surface area contributed by atoms with Gasteiger partial charge in [-0.15, -0.1) is 0 Å². The molecule has 0 aliphatic heterocycles. The number of aromatic nitrogens is 1. The number of urea groups is 1. The monoisotopic (exact) mass is 297 g/mol. The van der Waals surface area contributed by atoms with E-state index >= 15 is 0 Å². The first kappa shape index (κ1) is 17.5. The summed E-state index contributed by atoms with van der Waals surface area (Å²) in [7, 11) is 0. The maximum atomic E-state index is 12.1. The van der Waals surface area contributed by atoms with E-state index in [1.807, 2.05) is 41.5 Å². The summed E-state index contributed by atoms with van der Waals surface area (Å²) in [5.74, 6) is 0.711. The Balaban J connectivity index is 2.68. The summed E-state index contributed by atoms with van der Waals surface area (Å²) in [6.45, 7) is 11.7. The molecule has 0 saturated carbocycles. The normalized spacial score (nSPS) is 14.6. The minimum atomic E-state index is -0.254. The standard InChI is InChI=1S/C15H27N3O3/c1-9(13-10(2)18-21-11(13)3)16-14(20)17-12(7-8-19)15(4,5)6/h9,12,19H,7-8H2,1-6H3,(H2,16,17,20). The van der Waals surface area contributed by atoms with Crippen molar-refractivity contribution >= 4 is 6.03 Å². The van der Waals surface area contributed by atoms with Gasteiger partial charge in [-0.25, -0.2) is 4.79 Å². The molecular formula is C15H27N3O3. The van der Waals surface area contributed by atoms with Crippen molar-refractivity contribution < 1.29 is 14.4 Å². The lowest BCUT2D eigenvalue weighted by atomic mass is 9.85. The second kappa shape index (κ2) is 6.93. The maximum absolute atomic E-state index is 12.1. The van der Waals surface area contributed by atoms with E-state index in [4.69, 9.17) is 9.63 Å². The fraction of sp³-hybridized carbons (Fsp3) is 0.733. The van der Waals surface area contributed by atoms with E-state index in [1.165, 1.54) is 0 Å². The molecule has 3 N–H and O–H groups in total. The highest BCUT2D eigenvalue weighted by atomic mass is 16.5. The molecule has 1 aromatic heterocycles. The number of carbonyl (C=O) groups is 1. The van der Waals surface area contributed by atoms with Gasteiger partial charge in [0.25, 0.3) is 0 Å². The molecule has 0 aliphatic carbocycles. The number of aliphatic hydroxyl groups is 1. The molecule has 0 bridgehead atoms. The van der Waals surface area contributed by atoms with Crippen LogP contribution in [0.1, 0.15) is 57.2 Å². The quantitative estimate of drug-likeness (QED) is 0.779. The predicted molar refractivity (Wildman–Crippen MR) is 81.0 cm³/mol. The summed E-state index contributed by atoms with van der Waals surface area (Å²) in [4.78, 5) is 12.1. The van der Waals surface area contributed by atoms with Gasteiger partial charge in [-0.05, 0) is 32.6 Å². The van der Waals surface area contributed by atoms with Crippen LogP contribution in [0.15, 0.2) is 4.52 Å². The van der Waals surface area contributed by atoms with E-state index < -0.39 is 0 Å². The molecular weight excluding hydrogens is 270 g/mol. The Morgan fingerprint density at radius 2 is 1.95 bits per heavy atom. The van der Waals surface area contributed by atoms with Gasteiger partial charge in [-0.1, -0.05) is 25.9 Å². The fourth-order valence-corrected chi connectivity index (χ4v) is 2.43. The van der Waals surface area contributed by atoms with E-state index in [0.717, 1.165) is 11.3 Å². The summed E-state index contributed by atoms with van der Waals surface area (Å²) in [5, 5.41) is 18.8. The van der Waals surface area contributed by atoms with Crippen LogP contribution in [0.25, 0.3) is 0 Å². The highest BCUT2D eigenvalue weighted by Gasteiger charge is 2.26. The molecule has 0 aliphatic rings. The van der Waals surface area contributed by atoms with E-state index in [0.29, 0.717) is 12.2 Å². The van der Waals surface area contributed by atoms with Crippen LogP contribution in [0.3, 0.4) is 0 Å². The van der Waals surface area contributed by atoms with Crippen LogP contribution in [0.5, 0.6) is 0 Å². The van der Waals surface area contributed by atoms with Crippen LogP contribution >= 0.6 is 0 Å². The Kier molecular flexibility index (Phi) is 5.78. The average Bonchev–Trinajstić information content (AvgIpc) is 2.67. The van der Waals surface area contributed by atoms with E-state index in [9.17, 15) is 4.79 Å². The fourth-order valence-electron chi connectivity index (χ4n) is 2.43. The third-order valence-corrected chi connectivity index (χ3v) is 3.64. The topological polar surface area (TPSA) is 87.4 Å². The molecule has 1 heterocycles. The number of nitrogens with one attached hydrogen (secondary N) is 2. The van der Waals surface area contributed by atoms with Crippen LogP contribution in [-0.4, -0.2) is 28.9 Å². The average molecular weight is 297 g/mol. The molecule has 1 rings (SSSR count). The number of hydrogen-bond donors (Lipinski definition) is 3. The summed E-state index contributed by atoms with van der Waals surface area (Å²) >= 11 is 0. The van der Waals surface area contributed by atoms with Gasteiger partial charge in [-0.2, -0.15) is 0 Å². The Hall–Kier alpha value is -1.56. The number of nitrogens with zero attached hydrogens (tertiary/aromatic N) is 1. The number of rotatable bonds is 5. The molecule has 0 fully saturated rings. The molecule has 2 unspecified atom stereocenters. The number of amides is 2. The minimum absolute atomic E-state index is 0.0433. The molecule has 6 heteroatoms. The van der Waals surface area contributed by atoms with Gasteiger partial charge in [0.15, 0.2) is 0 Å². The Morgan fingerprint density at radius 3 is 2.38 bits per heavy atom. The Bertz CT molecular complexity index is 457. The summed E-state index contributed by atoms with van der Waals surface area (Å²) in [6.07, 6.45) is 0.524. The van der Waals surface area contributed by atoms with Gasteiger partial charge in [-0.3, -0.25) is 0 Å². The first-order valence-corrected chi connectivity index (χ1v) is 7.27. The van der Waals surface area contributed by atoms with Crippen LogP contribution in [-0.2, 0) is 0 Å². The lowest BCUT2D eigenvalue weighted by molar-refractivity contribution is 0.188. The molecule has 6 nitrogen and oxygen atoms in total. The van der Waals surface area contributed by atoms with Crippen molar-refractivity contribution in [2.24, 2.45) is 5.41 Å². The second-order valence-corrected chi connectivity index (χ2v) is 6.51. The van der Waals surface area contributed by atoms with Crippen molar-refractivity contribution in [1.82, 2.24) is 15.8 Å². The van der Waals surface area contributed by atoms with Crippen molar-refractivity contribution in [3.8, 4) is 0 Å². The molecule has 0 aromatic carbocycles. The molecule has 21 heavy (non-hydrogen) atoms. The van der Waals surface area contributed by atoms with Crippen molar-refractivity contribution in [2.75, 3.05) is 6.61 Å². The van der Waals surface area contributed by atoms with E-state index in [-0.39, 0.29) is 30.1 Å². The maximum Gasteiger partial charge on any atom is 0.315 e. The minimum Gasteiger partial charge on any atom is -0.396 e. The van der Waals surface area contributed by atoms with Gasteiger partial charge >= 0.3 is 6.03 Å². The summed E-state index contributed by atoms with van der Waals surface area (Å²) in [6, 6.07) is -0.541. The predicted octanol–water partition coefficient (Wildman–Crippen LogP) is 2.45. The van der Waals surface area contributed by atoms with Gasteiger partial charge < -0.3 is 20.3 Å². The van der Waals surface area contributed by atoms with Gasteiger partial charge in [0.1, 0.15) is 5.76 Å². The third kappa shape index (κ3) is 4.74. The van der Waals surface area contributed by atoms with Crippen LogP contribution in [0.4, 0.5) is 4.79 Å². The molecule has 0 saturated heterocycles. The largest absolute Gasteiger partial charge is 0.396 e. The summed E-state index contributed by atoms with van der Waals surface area (Å²) in [5.41, 5.74) is 1.56. The van der Waals surface area contributed by atoms with Crippen LogP contribution in [0, 0.1) is 19.3 Å². The third-order valence-electron chi connectivity index (χ3n) is 3.64. The highest BCUT2D eigenvalue weighted by molar-refractivity contribution is 5.74. The molecule has 2 amide bonds. The van der Waals surface area contributed by atoms with Crippen molar-refractivity contribution in [1.29, 1.82) is 0 Å². The number of carbonyl (C=O) groups excluding carboxylic acids is 1. The zero-order valence-electron chi connectivity index (χ0n) is 13.8. The van der Waals surface area contributed by atoms with Crippen molar-refractivity contribution in [2.45, 2.75) is 60.0 Å². The SMILES string of the molecule is Cc1noc(C)c1C(C)NC(=O)NC(CCO)C(C)(C)C. The molecule has 120 valence electrons. The lowest BCUT2D eigenvalue weighted by Gasteiger charge is -2.31. The van der Waals surface area contributed by atoms with Gasteiger partial charge in [0.2, 0.25) is 0 Å². The zero-order valence-corrected chi connectivity index (χ0v) is 13.8. The van der Waals surface area contributed by atoms with E-state index in [1.54, 1.807) is 0 Å². The first-order valence-electron chi connectivity index (χ1n) is 7.27. The number of aryl methyl sites for hydroxylation is 2. The van der Waals surface area contributed by atoms with Gasteiger partial charge in [0, 0.05) is 18.2 Å². The van der Waals surface area contributed by atoms with Gasteiger partial charge in [0.05, 0.1) is 11.7 Å². The summed E-state index contributed by atoms with van der Waals surface area (Å²) < 4.78 is 5.12. The number of hydrogen-bond acceptors (Lipinski definition) is 4. The molecule has 2 atom stereocenters. The van der Waals surface area contributed by atoms with Crippen LogP contribution < -0.4 is 10.6 Å². The van der Waals surface area contributed by atoms with Crippen molar-refractivity contribution in [3.05, 3.63) is 17.0 Å². The highest BCUT2D eigenvalue weighted by Crippen LogP contribution is 2.23. The second-order valence-electron chi connectivity index (χ2n) is 6.51. The smallest absolute Gasteiger partial charge is 0.315 e. The number of aliphatic hydroxyl groups excluding tert-OH is 1. The molecule has 0 spiro atoms. The Labute approximate surface area is 126 Å². The van der Waals surface area contributed by atoms with Crippen LogP contribution in [0.2, 0.25) is 0 Å². The van der Waals surface area contributed by atoms with E-state index in [2.05, 4.69) is 15.8 Å². The zero-order chi connectivity index (χ0) is 16.2.